The third-order valence-electron chi connectivity index (χ3n) is 2.07. The van der Waals surface area contributed by atoms with Crippen LogP contribution in [0.15, 0.2) is 6.20 Å². The van der Waals surface area contributed by atoms with Gasteiger partial charge in [0.05, 0.1) is 5.69 Å². The minimum absolute atomic E-state index is 0.482. The van der Waals surface area contributed by atoms with E-state index in [2.05, 4.69) is 30.6 Å². The van der Waals surface area contributed by atoms with E-state index < -0.39 is 0 Å². The van der Waals surface area contributed by atoms with Crippen LogP contribution in [0, 0.1) is 0 Å². The Morgan fingerprint density at radius 1 is 1.50 bits per heavy atom. The second-order valence-electron chi connectivity index (χ2n) is 4.10. The SMILES string of the molecule is CC(C)c1nn(C)cc1CNN(C)C. The Bertz CT molecular complexity index is 288. The molecule has 0 aliphatic carbocycles. The van der Waals surface area contributed by atoms with Gasteiger partial charge in [-0.2, -0.15) is 5.10 Å². The van der Waals surface area contributed by atoms with Crippen LogP contribution in [0.4, 0.5) is 0 Å². The molecule has 0 bridgehead atoms. The Hall–Kier alpha value is -0.870. The number of nitrogens with zero attached hydrogens (tertiary/aromatic N) is 3. The van der Waals surface area contributed by atoms with E-state index in [1.54, 1.807) is 0 Å². The van der Waals surface area contributed by atoms with Gasteiger partial charge in [-0.05, 0) is 5.92 Å². The van der Waals surface area contributed by atoms with Crippen molar-refractivity contribution in [2.24, 2.45) is 7.05 Å². The molecule has 0 spiro atoms. The zero-order valence-corrected chi connectivity index (χ0v) is 9.70. The number of hydrazine groups is 1. The van der Waals surface area contributed by atoms with Crippen LogP contribution in [-0.2, 0) is 13.6 Å². The quantitative estimate of drug-likeness (QED) is 0.732. The fraction of sp³-hybridized carbons (Fsp3) is 0.700. The lowest BCUT2D eigenvalue weighted by Gasteiger charge is -2.12. The molecule has 1 aromatic rings. The van der Waals surface area contributed by atoms with Crippen LogP contribution >= 0.6 is 0 Å². The molecule has 1 rings (SSSR count). The van der Waals surface area contributed by atoms with E-state index >= 15 is 0 Å². The monoisotopic (exact) mass is 196 g/mol. The topological polar surface area (TPSA) is 33.1 Å². The first kappa shape index (κ1) is 11.2. The molecule has 4 nitrogen and oxygen atoms in total. The molecule has 0 amide bonds. The standard InChI is InChI=1S/C10H20N4/c1-8(2)10-9(6-11-13(3)4)7-14(5)12-10/h7-8,11H,6H2,1-5H3. The molecule has 0 unspecified atom stereocenters. The van der Waals surface area contributed by atoms with E-state index in [4.69, 9.17) is 0 Å². The summed E-state index contributed by atoms with van der Waals surface area (Å²) in [4.78, 5) is 0. The normalized spacial score (nSPS) is 11.6. The molecule has 0 atom stereocenters. The highest BCUT2D eigenvalue weighted by atomic mass is 15.5. The first-order chi connectivity index (χ1) is 6.50. The number of hydrogen-bond acceptors (Lipinski definition) is 3. The Morgan fingerprint density at radius 3 is 2.64 bits per heavy atom. The van der Waals surface area contributed by atoms with Crippen LogP contribution in [0.1, 0.15) is 31.0 Å². The van der Waals surface area contributed by atoms with Gasteiger partial charge in [-0.1, -0.05) is 13.8 Å². The molecular formula is C10H20N4. The molecule has 0 aliphatic heterocycles. The van der Waals surface area contributed by atoms with Crippen molar-refractivity contribution in [1.82, 2.24) is 20.2 Å². The Balaban J connectivity index is 2.74. The average molecular weight is 196 g/mol. The fourth-order valence-corrected chi connectivity index (χ4v) is 1.42. The minimum atomic E-state index is 0.482. The van der Waals surface area contributed by atoms with Gasteiger partial charge < -0.3 is 0 Å². The van der Waals surface area contributed by atoms with Crippen molar-refractivity contribution in [3.63, 3.8) is 0 Å². The molecule has 1 N–H and O–H groups in total. The minimum Gasteiger partial charge on any atom is -0.275 e. The highest BCUT2D eigenvalue weighted by Gasteiger charge is 2.10. The lowest BCUT2D eigenvalue weighted by atomic mass is 10.1. The van der Waals surface area contributed by atoms with Crippen molar-refractivity contribution in [2.45, 2.75) is 26.3 Å². The smallest absolute Gasteiger partial charge is 0.0695 e. The van der Waals surface area contributed by atoms with E-state index in [1.165, 1.54) is 11.3 Å². The molecule has 1 heterocycles. The van der Waals surface area contributed by atoms with E-state index in [9.17, 15) is 0 Å². The maximum absolute atomic E-state index is 4.45. The van der Waals surface area contributed by atoms with Crippen LogP contribution in [0.25, 0.3) is 0 Å². The van der Waals surface area contributed by atoms with Gasteiger partial charge in [0, 0.05) is 39.4 Å². The Labute approximate surface area is 85.9 Å². The lowest BCUT2D eigenvalue weighted by molar-refractivity contribution is 0.285. The van der Waals surface area contributed by atoms with Gasteiger partial charge >= 0.3 is 0 Å². The summed E-state index contributed by atoms with van der Waals surface area (Å²) in [5.74, 6) is 0.482. The van der Waals surface area contributed by atoms with Crippen LogP contribution in [0.5, 0.6) is 0 Å². The summed E-state index contributed by atoms with van der Waals surface area (Å²) in [7, 11) is 5.95. The summed E-state index contributed by atoms with van der Waals surface area (Å²) < 4.78 is 1.88. The highest BCUT2D eigenvalue weighted by molar-refractivity contribution is 5.19. The predicted molar refractivity (Wildman–Crippen MR) is 57.8 cm³/mol. The van der Waals surface area contributed by atoms with Gasteiger partial charge in [-0.3, -0.25) is 15.1 Å². The highest BCUT2D eigenvalue weighted by Crippen LogP contribution is 2.16. The summed E-state index contributed by atoms with van der Waals surface area (Å²) in [5, 5.41) is 6.40. The summed E-state index contributed by atoms with van der Waals surface area (Å²) in [6.45, 7) is 5.18. The number of rotatable bonds is 4. The molecule has 14 heavy (non-hydrogen) atoms. The molecule has 0 fully saturated rings. The molecular weight excluding hydrogens is 176 g/mol. The molecule has 0 aromatic carbocycles. The van der Waals surface area contributed by atoms with Crippen molar-refractivity contribution in [3.8, 4) is 0 Å². The van der Waals surface area contributed by atoms with E-state index in [-0.39, 0.29) is 0 Å². The van der Waals surface area contributed by atoms with Crippen LogP contribution < -0.4 is 5.43 Å². The van der Waals surface area contributed by atoms with E-state index in [0.29, 0.717) is 5.92 Å². The predicted octanol–water partition coefficient (Wildman–Crippen LogP) is 1.11. The van der Waals surface area contributed by atoms with Crippen molar-refractivity contribution in [2.75, 3.05) is 14.1 Å². The van der Waals surface area contributed by atoms with Crippen LogP contribution in [-0.4, -0.2) is 28.9 Å². The number of hydrogen-bond donors (Lipinski definition) is 1. The van der Waals surface area contributed by atoms with Gasteiger partial charge in [0.15, 0.2) is 0 Å². The summed E-state index contributed by atoms with van der Waals surface area (Å²) in [6, 6.07) is 0. The average Bonchev–Trinajstić information content (AvgIpc) is 2.43. The van der Waals surface area contributed by atoms with Gasteiger partial charge in [0.1, 0.15) is 0 Å². The third kappa shape index (κ3) is 2.82. The molecule has 80 valence electrons. The molecule has 0 saturated heterocycles. The largest absolute Gasteiger partial charge is 0.275 e. The Morgan fingerprint density at radius 2 is 2.14 bits per heavy atom. The zero-order valence-electron chi connectivity index (χ0n) is 9.70. The molecule has 0 radical (unpaired) electrons. The number of aromatic nitrogens is 2. The molecule has 0 saturated carbocycles. The van der Waals surface area contributed by atoms with Gasteiger partial charge in [-0.25, -0.2) is 0 Å². The summed E-state index contributed by atoms with van der Waals surface area (Å²) >= 11 is 0. The first-order valence-electron chi connectivity index (χ1n) is 4.94. The van der Waals surface area contributed by atoms with Crippen molar-refractivity contribution in [3.05, 3.63) is 17.5 Å². The molecule has 0 aliphatic rings. The number of aryl methyl sites for hydroxylation is 1. The summed E-state index contributed by atoms with van der Waals surface area (Å²) in [5.41, 5.74) is 5.71. The molecule has 1 aromatic heterocycles. The molecule has 4 heteroatoms. The van der Waals surface area contributed by atoms with Gasteiger partial charge in [-0.15, -0.1) is 0 Å². The van der Waals surface area contributed by atoms with Crippen molar-refractivity contribution in [1.29, 1.82) is 0 Å². The maximum atomic E-state index is 4.45. The zero-order chi connectivity index (χ0) is 10.7. The maximum Gasteiger partial charge on any atom is 0.0695 e. The summed E-state index contributed by atoms with van der Waals surface area (Å²) in [6.07, 6.45) is 2.08. The van der Waals surface area contributed by atoms with E-state index in [0.717, 1.165) is 6.54 Å². The van der Waals surface area contributed by atoms with Gasteiger partial charge in [0.25, 0.3) is 0 Å². The third-order valence-corrected chi connectivity index (χ3v) is 2.07. The second-order valence-corrected chi connectivity index (χ2v) is 4.10. The second kappa shape index (κ2) is 4.57. The van der Waals surface area contributed by atoms with Crippen LogP contribution in [0.3, 0.4) is 0 Å². The lowest BCUT2D eigenvalue weighted by Crippen LogP contribution is -2.29. The number of nitrogens with one attached hydrogen (secondary N) is 1. The Kier molecular flexibility index (Phi) is 3.66. The van der Waals surface area contributed by atoms with E-state index in [1.807, 2.05) is 30.8 Å². The van der Waals surface area contributed by atoms with Crippen molar-refractivity contribution < 1.29 is 0 Å². The van der Waals surface area contributed by atoms with Crippen molar-refractivity contribution >= 4 is 0 Å². The first-order valence-corrected chi connectivity index (χ1v) is 4.94. The fourth-order valence-electron chi connectivity index (χ4n) is 1.42. The van der Waals surface area contributed by atoms with Crippen LogP contribution in [0.2, 0.25) is 0 Å². The van der Waals surface area contributed by atoms with Gasteiger partial charge in [0.2, 0.25) is 0 Å².